The molecule has 0 aromatic carbocycles. The van der Waals surface area contributed by atoms with Crippen LogP contribution in [0.3, 0.4) is 0 Å². The molecule has 1 aliphatic rings. The van der Waals surface area contributed by atoms with E-state index in [1.165, 1.54) is 28.5 Å². The fourth-order valence-corrected chi connectivity index (χ4v) is 4.10. The van der Waals surface area contributed by atoms with Crippen molar-refractivity contribution in [3.63, 3.8) is 0 Å². The zero-order chi connectivity index (χ0) is 14.8. The van der Waals surface area contributed by atoms with Gasteiger partial charge in [0, 0.05) is 24.5 Å². The molecule has 1 aromatic rings. The van der Waals surface area contributed by atoms with E-state index < -0.39 is 0 Å². The molecule has 0 aliphatic carbocycles. The third-order valence-electron chi connectivity index (χ3n) is 3.97. The average Bonchev–Trinajstić information content (AvgIpc) is 2.79. The van der Waals surface area contributed by atoms with Crippen molar-refractivity contribution in [2.75, 3.05) is 24.5 Å². The van der Waals surface area contributed by atoms with Gasteiger partial charge in [-0.05, 0) is 30.7 Å². The summed E-state index contributed by atoms with van der Waals surface area (Å²) < 4.78 is 0. The van der Waals surface area contributed by atoms with Gasteiger partial charge in [-0.25, -0.2) is 4.98 Å². The average molecular weight is 295 g/mol. The number of nitrogens with zero attached hydrogens (tertiary/aromatic N) is 2. The van der Waals surface area contributed by atoms with Crippen LogP contribution in [0.25, 0.3) is 0 Å². The summed E-state index contributed by atoms with van der Waals surface area (Å²) in [5.41, 5.74) is 1.71. The Kier molecular flexibility index (Phi) is 5.08. The Balaban J connectivity index is 2.19. The lowest BCUT2D eigenvalue weighted by Gasteiger charge is -2.37. The van der Waals surface area contributed by atoms with Crippen LogP contribution in [-0.2, 0) is 6.54 Å². The highest BCUT2D eigenvalue weighted by atomic mass is 32.1. The summed E-state index contributed by atoms with van der Waals surface area (Å²) in [5.74, 6) is 0.506. The maximum Gasteiger partial charge on any atom is 0.185 e. The van der Waals surface area contributed by atoms with E-state index in [0.717, 1.165) is 26.2 Å². The van der Waals surface area contributed by atoms with Gasteiger partial charge in [0.15, 0.2) is 5.13 Å². The standard InChI is InChI=1S/C16H29N3S/c1-6-17-10-13-14(12(2)3)18-15(20-13)19-9-7-8-16(4,5)11-19/h12,17H,6-11H2,1-5H3. The number of hydrogen-bond donors (Lipinski definition) is 1. The highest BCUT2D eigenvalue weighted by molar-refractivity contribution is 7.15. The highest BCUT2D eigenvalue weighted by Crippen LogP contribution is 2.36. The van der Waals surface area contributed by atoms with Gasteiger partial charge in [0.1, 0.15) is 0 Å². The van der Waals surface area contributed by atoms with E-state index in [2.05, 4.69) is 44.8 Å². The molecule has 4 heteroatoms. The Morgan fingerprint density at radius 2 is 2.15 bits per heavy atom. The lowest BCUT2D eigenvalue weighted by atomic mass is 9.84. The van der Waals surface area contributed by atoms with Gasteiger partial charge in [0.25, 0.3) is 0 Å². The maximum absolute atomic E-state index is 4.96. The van der Waals surface area contributed by atoms with E-state index >= 15 is 0 Å². The molecule has 0 unspecified atom stereocenters. The molecule has 0 spiro atoms. The summed E-state index contributed by atoms with van der Waals surface area (Å²) in [6.45, 7) is 15.7. The summed E-state index contributed by atoms with van der Waals surface area (Å²) in [4.78, 5) is 8.87. The van der Waals surface area contributed by atoms with Gasteiger partial charge < -0.3 is 10.2 Å². The van der Waals surface area contributed by atoms with E-state index in [4.69, 9.17) is 4.98 Å². The molecular formula is C16H29N3S. The third-order valence-corrected chi connectivity index (χ3v) is 5.10. The van der Waals surface area contributed by atoms with Gasteiger partial charge in [-0.3, -0.25) is 0 Å². The lowest BCUT2D eigenvalue weighted by Crippen LogP contribution is -2.40. The topological polar surface area (TPSA) is 28.2 Å². The molecule has 1 saturated heterocycles. The normalized spacial score (nSPS) is 18.8. The van der Waals surface area contributed by atoms with Crippen LogP contribution in [0.4, 0.5) is 5.13 Å². The molecule has 0 radical (unpaired) electrons. The van der Waals surface area contributed by atoms with Crippen LogP contribution in [0, 0.1) is 5.41 Å². The first-order valence-corrected chi connectivity index (χ1v) is 8.70. The molecule has 0 saturated carbocycles. The molecule has 0 atom stereocenters. The van der Waals surface area contributed by atoms with E-state index in [-0.39, 0.29) is 0 Å². The Bertz CT molecular complexity index is 437. The zero-order valence-electron chi connectivity index (χ0n) is 13.6. The molecule has 1 N–H and O–H groups in total. The van der Waals surface area contributed by atoms with Crippen molar-refractivity contribution in [3.8, 4) is 0 Å². The minimum atomic E-state index is 0.420. The Morgan fingerprint density at radius 1 is 1.40 bits per heavy atom. The monoisotopic (exact) mass is 295 g/mol. The second kappa shape index (κ2) is 6.44. The van der Waals surface area contributed by atoms with Crippen molar-refractivity contribution in [1.82, 2.24) is 10.3 Å². The summed E-state index contributed by atoms with van der Waals surface area (Å²) in [5, 5.41) is 4.68. The lowest BCUT2D eigenvalue weighted by molar-refractivity contribution is 0.293. The van der Waals surface area contributed by atoms with Crippen molar-refractivity contribution in [3.05, 3.63) is 10.6 Å². The van der Waals surface area contributed by atoms with Crippen LogP contribution in [0.5, 0.6) is 0 Å². The molecule has 114 valence electrons. The van der Waals surface area contributed by atoms with E-state index in [1.54, 1.807) is 0 Å². The van der Waals surface area contributed by atoms with Gasteiger partial charge in [-0.15, -0.1) is 11.3 Å². The second-order valence-electron chi connectivity index (χ2n) is 6.93. The van der Waals surface area contributed by atoms with Gasteiger partial charge >= 0.3 is 0 Å². The van der Waals surface area contributed by atoms with Gasteiger partial charge in [0.2, 0.25) is 0 Å². The largest absolute Gasteiger partial charge is 0.348 e. The summed E-state index contributed by atoms with van der Waals surface area (Å²) in [6.07, 6.45) is 2.61. The zero-order valence-corrected chi connectivity index (χ0v) is 14.4. The molecule has 2 rings (SSSR count). The number of nitrogens with one attached hydrogen (secondary N) is 1. The molecule has 0 amide bonds. The Hall–Kier alpha value is -0.610. The number of hydrogen-bond acceptors (Lipinski definition) is 4. The van der Waals surface area contributed by atoms with Gasteiger partial charge in [-0.1, -0.05) is 34.6 Å². The predicted molar refractivity (Wildman–Crippen MR) is 88.8 cm³/mol. The van der Waals surface area contributed by atoms with E-state index in [9.17, 15) is 0 Å². The number of rotatable bonds is 5. The first kappa shape index (κ1) is 15.8. The van der Waals surface area contributed by atoms with Crippen molar-refractivity contribution in [2.24, 2.45) is 5.41 Å². The third kappa shape index (κ3) is 3.73. The van der Waals surface area contributed by atoms with Crippen LogP contribution in [0.2, 0.25) is 0 Å². The van der Waals surface area contributed by atoms with Crippen molar-refractivity contribution in [2.45, 2.75) is 59.9 Å². The second-order valence-corrected chi connectivity index (χ2v) is 7.99. The van der Waals surface area contributed by atoms with Crippen molar-refractivity contribution in [1.29, 1.82) is 0 Å². The molecule has 2 heterocycles. The molecule has 1 aliphatic heterocycles. The quantitative estimate of drug-likeness (QED) is 0.890. The number of piperidine rings is 1. The fourth-order valence-electron chi connectivity index (χ4n) is 2.89. The minimum Gasteiger partial charge on any atom is -0.348 e. The molecule has 1 fully saturated rings. The van der Waals surface area contributed by atoms with Gasteiger partial charge in [0.05, 0.1) is 5.69 Å². The van der Waals surface area contributed by atoms with E-state index in [0.29, 0.717) is 11.3 Å². The van der Waals surface area contributed by atoms with Crippen LogP contribution < -0.4 is 10.2 Å². The smallest absolute Gasteiger partial charge is 0.185 e. The summed E-state index contributed by atoms with van der Waals surface area (Å²) in [7, 11) is 0. The van der Waals surface area contributed by atoms with Crippen LogP contribution in [0.1, 0.15) is 63.9 Å². The van der Waals surface area contributed by atoms with Gasteiger partial charge in [-0.2, -0.15) is 0 Å². The molecular weight excluding hydrogens is 266 g/mol. The summed E-state index contributed by atoms with van der Waals surface area (Å²) >= 11 is 1.89. The molecule has 1 aromatic heterocycles. The molecule has 0 bridgehead atoms. The Labute approximate surface area is 127 Å². The SMILES string of the molecule is CCNCc1sc(N2CCCC(C)(C)C2)nc1C(C)C. The molecule has 3 nitrogen and oxygen atoms in total. The first-order valence-electron chi connectivity index (χ1n) is 7.88. The minimum absolute atomic E-state index is 0.420. The predicted octanol–water partition coefficient (Wildman–Crippen LogP) is 4.00. The molecule has 20 heavy (non-hydrogen) atoms. The summed E-state index contributed by atoms with van der Waals surface area (Å²) in [6, 6.07) is 0. The maximum atomic E-state index is 4.96. The number of aromatic nitrogens is 1. The highest BCUT2D eigenvalue weighted by Gasteiger charge is 2.28. The van der Waals surface area contributed by atoms with Crippen LogP contribution in [0.15, 0.2) is 0 Å². The van der Waals surface area contributed by atoms with Crippen molar-refractivity contribution < 1.29 is 0 Å². The van der Waals surface area contributed by atoms with Crippen LogP contribution >= 0.6 is 11.3 Å². The number of anilines is 1. The van der Waals surface area contributed by atoms with E-state index in [1.807, 2.05) is 11.3 Å². The van der Waals surface area contributed by atoms with Crippen LogP contribution in [-0.4, -0.2) is 24.6 Å². The Morgan fingerprint density at radius 3 is 2.75 bits per heavy atom. The first-order chi connectivity index (χ1) is 9.43. The van der Waals surface area contributed by atoms with Crippen molar-refractivity contribution >= 4 is 16.5 Å². The number of thiazole rings is 1. The fraction of sp³-hybridized carbons (Fsp3) is 0.812.